The minimum Gasteiger partial charge on any atom is -0.343 e. The number of hydrogen-bond acceptors (Lipinski definition) is 2. The van der Waals surface area contributed by atoms with Gasteiger partial charge in [-0.25, -0.2) is 0 Å². The molecule has 1 aliphatic carbocycles. The van der Waals surface area contributed by atoms with Crippen LogP contribution in [0.1, 0.15) is 29.6 Å². The fraction of sp³-hybridized carbons (Fsp3) is 0.467. The fourth-order valence-corrected chi connectivity index (χ4v) is 3.46. The number of carbonyl (C=O) groups is 2. The van der Waals surface area contributed by atoms with Crippen molar-refractivity contribution in [2.75, 3.05) is 13.1 Å². The Morgan fingerprint density at radius 2 is 2.00 bits per heavy atom. The molecular formula is C15H17BrN2O2. The molecule has 106 valence electrons. The Morgan fingerprint density at radius 1 is 1.25 bits per heavy atom. The van der Waals surface area contributed by atoms with Crippen LogP contribution < -0.4 is 5.32 Å². The van der Waals surface area contributed by atoms with Gasteiger partial charge in [-0.2, -0.15) is 0 Å². The summed E-state index contributed by atoms with van der Waals surface area (Å²) in [5, 5.41) is 2.71. The SMILES string of the molecule is O=C(NCC(=O)N1C[C@H]2CC[C@H]1C2)c1ccc(Br)cc1. The van der Waals surface area contributed by atoms with Crippen molar-refractivity contribution in [1.82, 2.24) is 10.2 Å². The van der Waals surface area contributed by atoms with Gasteiger partial charge in [0.1, 0.15) is 0 Å². The van der Waals surface area contributed by atoms with E-state index in [2.05, 4.69) is 21.2 Å². The van der Waals surface area contributed by atoms with Crippen molar-refractivity contribution in [2.24, 2.45) is 5.92 Å². The average molecular weight is 337 g/mol. The minimum absolute atomic E-state index is 0.0441. The third kappa shape index (κ3) is 2.73. The molecule has 1 saturated carbocycles. The largest absolute Gasteiger partial charge is 0.343 e. The molecule has 4 nitrogen and oxygen atoms in total. The Hall–Kier alpha value is -1.36. The topological polar surface area (TPSA) is 49.4 Å². The van der Waals surface area contributed by atoms with E-state index in [-0.39, 0.29) is 18.4 Å². The van der Waals surface area contributed by atoms with Crippen LogP contribution in [0, 0.1) is 5.92 Å². The van der Waals surface area contributed by atoms with Crippen molar-refractivity contribution in [2.45, 2.75) is 25.3 Å². The first-order valence-electron chi connectivity index (χ1n) is 6.96. The monoisotopic (exact) mass is 336 g/mol. The zero-order valence-electron chi connectivity index (χ0n) is 11.1. The first-order chi connectivity index (χ1) is 9.63. The number of rotatable bonds is 3. The Labute approximate surface area is 126 Å². The summed E-state index contributed by atoms with van der Waals surface area (Å²) in [4.78, 5) is 26.0. The molecule has 2 atom stereocenters. The molecule has 0 aromatic heterocycles. The summed E-state index contributed by atoms with van der Waals surface area (Å²) in [7, 11) is 0. The summed E-state index contributed by atoms with van der Waals surface area (Å²) in [6.07, 6.45) is 3.52. The molecule has 2 amide bonds. The Morgan fingerprint density at radius 3 is 2.60 bits per heavy atom. The molecule has 2 bridgehead atoms. The summed E-state index contributed by atoms with van der Waals surface area (Å²) in [5.74, 6) is 0.531. The Kier molecular flexibility index (Phi) is 3.78. The number of nitrogens with one attached hydrogen (secondary N) is 1. The van der Waals surface area contributed by atoms with Gasteiger partial charge in [0.15, 0.2) is 0 Å². The maximum atomic E-state index is 12.1. The zero-order valence-corrected chi connectivity index (χ0v) is 12.7. The van der Waals surface area contributed by atoms with Crippen LogP contribution >= 0.6 is 15.9 Å². The highest BCUT2D eigenvalue weighted by Gasteiger charge is 2.39. The fourth-order valence-electron chi connectivity index (χ4n) is 3.19. The first kappa shape index (κ1) is 13.6. The van der Waals surface area contributed by atoms with E-state index in [4.69, 9.17) is 0 Å². The van der Waals surface area contributed by atoms with Crippen LogP contribution in [0.5, 0.6) is 0 Å². The molecule has 5 heteroatoms. The van der Waals surface area contributed by atoms with E-state index in [1.165, 1.54) is 6.42 Å². The van der Waals surface area contributed by atoms with E-state index in [1.54, 1.807) is 12.1 Å². The molecule has 0 radical (unpaired) electrons. The van der Waals surface area contributed by atoms with Crippen LogP contribution in [0.3, 0.4) is 0 Å². The molecule has 1 aromatic carbocycles. The molecule has 3 rings (SSSR count). The summed E-state index contributed by atoms with van der Waals surface area (Å²) in [6.45, 7) is 0.968. The standard InChI is InChI=1S/C15H17BrN2O2/c16-12-4-2-11(3-5-12)15(20)17-8-14(19)18-9-10-1-6-13(18)7-10/h2-5,10,13H,1,6-9H2,(H,17,20)/t10-,13-/m0/s1. The van der Waals surface area contributed by atoms with E-state index in [0.29, 0.717) is 17.5 Å². The van der Waals surface area contributed by atoms with Gasteiger partial charge in [0.25, 0.3) is 5.91 Å². The zero-order chi connectivity index (χ0) is 14.1. The van der Waals surface area contributed by atoms with Crippen molar-refractivity contribution in [3.05, 3.63) is 34.3 Å². The predicted octanol–water partition coefficient (Wildman–Crippen LogP) is 2.19. The van der Waals surface area contributed by atoms with E-state index in [0.717, 1.165) is 23.9 Å². The number of carbonyl (C=O) groups excluding carboxylic acids is 2. The molecule has 1 saturated heterocycles. The van der Waals surface area contributed by atoms with Crippen LogP contribution in [0.25, 0.3) is 0 Å². The van der Waals surface area contributed by atoms with Crippen molar-refractivity contribution >= 4 is 27.7 Å². The van der Waals surface area contributed by atoms with E-state index in [9.17, 15) is 9.59 Å². The molecule has 1 heterocycles. The van der Waals surface area contributed by atoms with Crippen LogP contribution in [-0.2, 0) is 4.79 Å². The molecule has 20 heavy (non-hydrogen) atoms. The van der Waals surface area contributed by atoms with Gasteiger partial charge < -0.3 is 10.2 Å². The van der Waals surface area contributed by atoms with Gasteiger partial charge in [-0.05, 0) is 49.4 Å². The lowest BCUT2D eigenvalue weighted by Crippen LogP contribution is -2.43. The lowest BCUT2D eigenvalue weighted by molar-refractivity contribution is -0.131. The quantitative estimate of drug-likeness (QED) is 0.919. The predicted molar refractivity (Wildman–Crippen MR) is 79.3 cm³/mol. The van der Waals surface area contributed by atoms with E-state index >= 15 is 0 Å². The third-order valence-electron chi connectivity index (χ3n) is 4.24. The molecule has 2 aliphatic rings. The number of halogens is 1. The summed E-state index contributed by atoms with van der Waals surface area (Å²) in [6, 6.07) is 7.52. The maximum Gasteiger partial charge on any atom is 0.251 e. The second kappa shape index (κ2) is 5.56. The number of hydrogen-bond donors (Lipinski definition) is 1. The van der Waals surface area contributed by atoms with Gasteiger partial charge in [-0.3, -0.25) is 9.59 Å². The highest BCUT2D eigenvalue weighted by molar-refractivity contribution is 9.10. The average Bonchev–Trinajstić information content (AvgIpc) is 3.08. The van der Waals surface area contributed by atoms with Crippen molar-refractivity contribution in [3.63, 3.8) is 0 Å². The lowest BCUT2D eigenvalue weighted by atomic mass is 10.1. The molecule has 1 aliphatic heterocycles. The van der Waals surface area contributed by atoms with Crippen LogP contribution in [0.4, 0.5) is 0 Å². The van der Waals surface area contributed by atoms with Gasteiger partial charge in [0, 0.05) is 22.6 Å². The van der Waals surface area contributed by atoms with Crippen molar-refractivity contribution in [3.8, 4) is 0 Å². The minimum atomic E-state index is -0.199. The number of likely N-dealkylation sites (tertiary alicyclic amines) is 1. The van der Waals surface area contributed by atoms with E-state index in [1.807, 2.05) is 17.0 Å². The summed E-state index contributed by atoms with van der Waals surface area (Å²) >= 11 is 3.33. The van der Waals surface area contributed by atoms with Gasteiger partial charge >= 0.3 is 0 Å². The Bertz CT molecular complexity index is 529. The second-order valence-electron chi connectivity index (χ2n) is 5.57. The van der Waals surface area contributed by atoms with Gasteiger partial charge in [-0.1, -0.05) is 15.9 Å². The van der Waals surface area contributed by atoms with Gasteiger partial charge in [-0.15, -0.1) is 0 Å². The molecule has 2 fully saturated rings. The number of benzene rings is 1. The van der Waals surface area contributed by atoms with Crippen LogP contribution in [-0.4, -0.2) is 35.8 Å². The number of amides is 2. The smallest absolute Gasteiger partial charge is 0.251 e. The lowest BCUT2D eigenvalue weighted by Gasteiger charge is -2.27. The Balaban J connectivity index is 1.53. The van der Waals surface area contributed by atoms with Crippen molar-refractivity contribution in [1.29, 1.82) is 0 Å². The second-order valence-corrected chi connectivity index (χ2v) is 6.48. The number of piperidine rings is 1. The van der Waals surface area contributed by atoms with Crippen molar-refractivity contribution < 1.29 is 9.59 Å². The highest BCUT2D eigenvalue weighted by Crippen LogP contribution is 2.37. The molecule has 1 aromatic rings. The first-order valence-corrected chi connectivity index (χ1v) is 7.76. The third-order valence-corrected chi connectivity index (χ3v) is 4.76. The summed E-state index contributed by atoms with van der Waals surface area (Å²) in [5.41, 5.74) is 0.573. The molecular weight excluding hydrogens is 320 g/mol. The molecule has 1 N–H and O–H groups in total. The number of fused-ring (bicyclic) bond motifs is 2. The number of nitrogens with zero attached hydrogens (tertiary/aromatic N) is 1. The van der Waals surface area contributed by atoms with Gasteiger partial charge in [0.05, 0.1) is 6.54 Å². The molecule has 0 unspecified atom stereocenters. The van der Waals surface area contributed by atoms with Gasteiger partial charge in [0.2, 0.25) is 5.91 Å². The maximum absolute atomic E-state index is 12.1. The van der Waals surface area contributed by atoms with Crippen LogP contribution in [0.15, 0.2) is 28.7 Å². The van der Waals surface area contributed by atoms with E-state index < -0.39 is 0 Å². The highest BCUT2D eigenvalue weighted by atomic mass is 79.9. The normalized spacial score (nSPS) is 23.9. The summed E-state index contributed by atoms with van der Waals surface area (Å²) < 4.78 is 0.929. The molecule has 0 spiro atoms. The van der Waals surface area contributed by atoms with Crippen LogP contribution in [0.2, 0.25) is 0 Å².